The van der Waals surface area contributed by atoms with Gasteiger partial charge in [-0.1, -0.05) is 42.7 Å². The molecule has 3 heterocycles. The van der Waals surface area contributed by atoms with E-state index in [0.717, 1.165) is 78.5 Å². The highest BCUT2D eigenvalue weighted by Crippen LogP contribution is 2.52. The lowest BCUT2D eigenvalue weighted by molar-refractivity contribution is -0.452. The third-order valence-corrected chi connectivity index (χ3v) is 14.2. The highest BCUT2D eigenvalue weighted by Gasteiger charge is 2.57. The first kappa shape index (κ1) is 34.9. The van der Waals surface area contributed by atoms with E-state index in [4.69, 9.17) is 25.8 Å². The van der Waals surface area contributed by atoms with Crippen LogP contribution in [-0.4, -0.2) is 73.9 Å². The van der Waals surface area contributed by atoms with Gasteiger partial charge in [0.2, 0.25) is 0 Å². The van der Waals surface area contributed by atoms with Crippen LogP contribution in [0.5, 0.6) is 5.75 Å². The number of carbonyl (C=O) groups excluding carboxylic acids is 2. The maximum atomic E-state index is 14.4. The molecule has 6 aliphatic rings. The van der Waals surface area contributed by atoms with E-state index in [-0.39, 0.29) is 34.6 Å². The molecular weight excluding hydrogens is 688 g/mol. The number of nitrogens with one attached hydrogen (secondary N) is 2. The van der Waals surface area contributed by atoms with Crippen LogP contribution in [-0.2, 0) is 36.1 Å². The van der Waals surface area contributed by atoms with Crippen molar-refractivity contribution in [2.75, 3.05) is 50.7 Å². The fourth-order valence-electron chi connectivity index (χ4n) is 9.22. The molecule has 1 saturated heterocycles. The van der Waals surface area contributed by atoms with Crippen LogP contribution in [0.4, 0.5) is 10.5 Å². The third-order valence-electron chi connectivity index (χ3n) is 12.4. The van der Waals surface area contributed by atoms with Gasteiger partial charge in [0, 0.05) is 59.3 Å². The molecule has 2 spiro atoms. The zero-order valence-electron chi connectivity index (χ0n) is 29.5. The SMILES string of the molecule is CO[C@H]1/C=C/C[C@H](C)C/[S-](=O)=[N+](\NC(=O)N[C@@H]2CC23CCOC3)C(=O)c2ccc3c(c2)N(C[C@@H]2CC[C@H]21)C[C@@]1(CCCc2cc(Cl)ccc21)CO3. The van der Waals surface area contributed by atoms with Crippen molar-refractivity contribution < 1.29 is 32.1 Å². The van der Waals surface area contributed by atoms with E-state index >= 15 is 0 Å². The van der Waals surface area contributed by atoms with Gasteiger partial charge in [-0.05, 0) is 110 Å². The molecule has 10 nitrogen and oxygen atoms in total. The number of hydrazine groups is 1. The maximum Gasteiger partial charge on any atom is 0.427 e. The maximum absolute atomic E-state index is 14.4. The lowest BCUT2D eigenvalue weighted by Crippen LogP contribution is -2.49. The number of urea groups is 1. The zero-order valence-corrected chi connectivity index (χ0v) is 31.1. The van der Waals surface area contributed by atoms with Crippen LogP contribution in [0.25, 0.3) is 0 Å². The van der Waals surface area contributed by atoms with E-state index in [9.17, 15) is 13.8 Å². The Morgan fingerprint density at radius 2 is 2.04 bits per heavy atom. The summed E-state index contributed by atoms with van der Waals surface area (Å²) in [7, 11) is -0.0498. The molecule has 3 fully saturated rings. The molecule has 2 N–H and O–H groups in total. The molecule has 7 atom stereocenters. The smallest absolute Gasteiger partial charge is 0.427 e. The van der Waals surface area contributed by atoms with E-state index in [1.54, 1.807) is 13.2 Å². The number of rotatable bonds is 3. The molecule has 0 radical (unpaired) electrons. The number of amides is 3. The number of hydrogen-bond acceptors (Lipinski definition) is 8. The molecule has 274 valence electrons. The van der Waals surface area contributed by atoms with Crippen LogP contribution in [0.2, 0.25) is 5.02 Å². The van der Waals surface area contributed by atoms with Gasteiger partial charge < -0.3 is 28.6 Å². The molecule has 12 heteroatoms. The minimum Gasteiger partial charge on any atom is -0.490 e. The van der Waals surface area contributed by atoms with Crippen LogP contribution in [0.3, 0.4) is 0 Å². The Morgan fingerprint density at radius 1 is 1.16 bits per heavy atom. The summed E-state index contributed by atoms with van der Waals surface area (Å²) in [6, 6.07) is 11.1. The number of methoxy groups -OCH3 is 1. The highest BCUT2D eigenvalue weighted by atomic mass is 35.5. The fourth-order valence-corrected chi connectivity index (χ4v) is 10.7. The van der Waals surface area contributed by atoms with Crippen LogP contribution in [0, 0.1) is 23.2 Å². The number of allylic oxidation sites excluding steroid dienone is 1. The van der Waals surface area contributed by atoms with Crippen molar-refractivity contribution in [2.24, 2.45) is 23.2 Å². The van der Waals surface area contributed by atoms with Crippen molar-refractivity contribution >= 4 is 39.8 Å². The average molecular weight is 737 g/mol. The third kappa shape index (κ3) is 6.80. The van der Waals surface area contributed by atoms with Gasteiger partial charge in [0.25, 0.3) is 0 Å². The number of benzene rings is 2. The standard InChI is InChI=1S/C39H49ClN4O6S/c1-25-5-3-7-33(48-2)30-11-8-28(30)20-43-22-39(14-4-6-26-17-29(40)10-12-31(26)39)24-50-34-13-9-27(18-32(34)43)36(45)44(51(47)21-25)42-37(46)41-35-19-38(35)15-16-49-23-38/h3,7,9-10,12-13,17-18,25,28,30,33,35H,4-6,8,11,14-16,19-24H2,1-2H3,(H2,41,42,46)/b7-3+/t25-,28-,30+,33-,35+,38?,39-/m0/s1. The summed E-state index contributed by atoms with van der Waals surface area (Å²) < 4.78 is 33.3. The monoisotopic (exact) mass is 736 g/mol. The van der Waals surface area contributed by atoms with Gasteiger partial charge in [0.1, 0.15) is 5.75 Å². The van der Waals surface area contributed by atoms with Gasteiger partial charge in [0.15, 0.2) is 0 Å². The Balaban J connectivity index is 1.16. The summed E-state index contributed by atoms with van der Waals surface area (Å²) in [5, 5.41) is 3.75. The van der Waals surface area contributed by atoms with Crippen molar-refractivity contribution in [2.45, 2.75) is 75.9 Å². The first-order valence-electron chi connectivity index (χ1n) is 18.5. The highest BCUT2D eigenvalue weighted by molar-refractivity contribution is 7.72. The molecule has 3 aliphatic heterocycles. The lowest BCUT2D eigenvalue weighted by Gasteiger charge is -2.46. The van der Waals surface area contributed by atoms with Crippen molar-refractivity contribution in [3.8, 4) is 5.75 Å². The Labute approximate surface area is 307 Å². The van der Waals surface area contributed by atoms with Crippen molar-refractivity contribution in [1.29, 1.82) is 0 Å². The molecule has 3 amide bonds. The summed E-state index contributed by atoms with van der Waals surface area (Å²) in [4.78, 5) is 30.2. The van der Waals surface area contributed by atoms with Gasteiger partial charge in [-0.25, -0.2) is 9.59 Å². The number of carbonyl (C=O) groups is 2. The van der Waals surface area contributed by atoms with E-state index < -0.39 is 22.5 Å². The minimum absolute atomic E-state index is 0.00689. The quantitative estimate of drug-likeness (QED) is 0.221. The molecule has 3 aliphatic carbocycles. The Morgan fingerprint density at radius 3 is 2.82 bits per heavy atom. The van der Waals surface area contributed by atoms with Crippen molar-refractivity contribution in [1.82, 2.24) is 10.7 Å². The summed E-state index contributed by atoms with van der Waals surface area (Å²) in [5.74, 6) is 1.16. The van der Waals surface area contributed by atoms with E-state index in [1.807, 2.05) is 25.1 Å². The molecule has 8 rings (SSSR count). The van der Waals surface area contributed by atoms with Crippen LogP contribution in [0.1, 0.15) is 73.4 Å². The average Bonchev–Trinajstić information content (AvgIpc) is 3.59. The predicted molar refractivity (Wildman–Crippen MR) is 196 cm³/mol. The second kappa shape index (κ2) is 14.0. The topological polar surface area (TPSA) is 109 Å². The molecule has 51 heavy (non-hydrogen) atoms. The Hall–Kier alpha value is -3.12. The summed E-state index contributed by atoms with van der Waals surface area (Å²) >= 11 is 6.47. The summed E-state index contributed by atoms with van der Waals surface area (Å²) in [5.41, 5.74) is 6.15. The van der Waals surface area contributed by atoms with Gasteiger partial charge >= 0.3 is 11.9 Å². The first-order valence-corrected chi connectivity index (χ1v) is 20.2. The van der Waals surface area contributed by atoms with Gasteiger partial charge in [-0.2, -0.15) is 0 Å². The number of nitrogens with zero attached hydrogens (tertiary/aromatic N) is 2. The van der Waals surface area contributed by atoms with Crippen molar-refractivity contribution in [3.05, 3.63) is 70.3 Å². The molecular formula is C39H49ClN4O6S. The van der Waals surface area contributed by atoms with Crippen molar-refractivity contribution in [3.63, 3.8) is 0 Å². The summed E-state index contributed by atoms with van der Waals surface area (Å²) in [6.45, 7) is 5.35. The molecule has 0 aromatic heterocycles. The van der Waals surface area contributed by atoms with Crippen LogP contribution >= 0.6 is 11.6 Å². The van der Waals surface area contributed by atoms with E-state index in [0.29, 0.717) is 43.6 Å². The lowest BCUT2D eigenvalue weighted by atomic mass is 9.68. The normalized spacial score (nSPS) is 35.9. The largest absolute Gasteiger partial charge is 0.490 e. The van der Waals surface area contributed by atoms with E-state index in [1.165, 1.54) is 11.1 Å². The second-order valence-corrected chi connectivity index (χ2v) is 17.6. The van der Waals surface area contributed by atoms with E-state index in [2.05, 4.69) is 39.9 Å². The Kier molecular flexibility index (Phi) is 9.61. The zero-order chi connectivity index (χ0) is 35.3. The van der Waals surface area contributed by atoms with Crippen LogP contribution in [0.15, 0.2) is 48.6 Å². The molecule has 1 unspecified atom stereocenters. The number of anilines is 1. The first-order chi connectivity index (χ1) is 24.7. The molecule has 2 aromatic carbocycles. The second-order valence-electron chi connectivity index (χ2n) is 15.9. The fraction of sp³-hybridized carbons (Fsp3) is 0.590. The number of halogens is 1. The molecule has 2 saturated carbocycles. The molecule has 2 bridgehead atoms. The minimum atomic E-state index is -1.83. The number of aryl methyl sites for hydroxylation is 1. The number of fused-ring (bicyclic) bond motifs is 4. The van der Waals surface area contributed by atoms with Gasteiger partial charge in [-0.15, -0.1) is 9.48 Å². The molecule has 2 aromatic rings. The summed E-state index contributed by atoms with van der Waals surface area (Å²) in [6.07, 6.45) is 11.9. The van der Waals surface area contributed by atoms with Crippen LogP contribution < -0.4 is 20.4 Å². The van der Waals surface area contributed by atoms with Gasteiger partial charge in [-0.3, -0.25) is 0 Å². The predicted octanol–water partition coefficient (Wildman–Crippen LogP) is 6.14. The van der Waals surface area contributed by atoms with Gasteiger partial charge in [0.05, 0.1) is 30.6 Å². The Bertz CT molecular complexity index is 1820. The number of ether oxygens (including phenoxy) is 3. The number of hydrogen-bond donors (Lipinski definition) is 2.